The van der Waals surface area contributed by atoms with Crippen molar-refractivity contribution < 1.29 is 28.5 Å². The van der Waals surface area contributed by atoms with E-state index in [0.717, 1.165) is 25.9 Å². The minimum Gasteiger partial charge on any atom is -0.440 e. The van der Waals surface area contributed by atoms with Gasteiger partial charge in [0.2, 0.25) is 5.79 Å². The number of nitrogens with zero attached hydrogens (tertiary/aromatic N) is 1. The summed E-state index contributed by atoms with van der Waals surface area (Å²) in [6.45, 7) is 9.58. The van der Waals surface area contributed by atoms with Crippen LogP contribution in [-0.4, -0.2) is 73.7 Å². The van der Waals surface area contributed by atoms with Crippen molar-refractivity contribution in [1.29, 1.82) is 0 Å². The van der Waals surface area contributed by atoms with Crippen LogP contribution in [0.25, 0.3) is 0 Å². The molecule has 1 aromatic rings. The molecule has 3 aliphatic heterocycles. The third-order valence-electron chi connectivity index (χ3n) is 8.12. The number of hydrogen-bond donors (Lipinski definition) is 1. The maximum atomic E-state index is 13.0. The minimum atomic E-state index is -1.11. The normalized spacial score (nSPS) is 28.2. The summed E-state index contributed by atoms with van der Waals surface area (Å²) in [5.74, 6) is -1.99. The fourth-order valence-electron chi connectivity index (χ4n) is 6.16. The van der Waals surface area contributed by atoms with Gasteiger partial charge in [0.15, 0.2) is 18.0 Å². The highest BCUT2D eigenvalue weighted by molar-refractivity contribution is 5.84. The predicted octanol–water partition coefficient (Wildman–Crippen LogP) is 6.88. The van der Waals surface area contributed by atoms with Crippen LogP contribution in [-0.2, 0) is 23.7 Å². The van der Waals surface area contributed by atoms with Crippen LogP contribution >= 0.6 is 0 Å². The van der Waals surface area contributed by atoms with Gasteiger partial charge in [0, 0.05) is 18.8 Å². The second kappa shape index (κ2) is 15.5. The zero-order chi connectivity index (χ0) is 28.3. The summed E-state index contributed by atoms with van der Waals surface area (Å²) in [6.07, 6.45) is 12.7. The molecule has 40 heavy (non-hydrogen) atoms. The van der Waals surface area contributed by atoms with E-state index in [2.05, 4.69) is 17.1 Å². The molecule has 3 heterocycles. The van der Waals surface area contributed by atoms with Gasteiger partial charge in [0.25, 0.3) is 0 Å². The zero-order valence-corrected chi connectivity index (χ0v) is 25.0. The molecular formula is C32H52N2O6. The van der Waals surface area contributed by atoms with E-state index in [1.807, 2.05) is 44.2 Å². The monoisotopic (exact) mass is 560 g/mol. The first-order chi connectivity index (χ1) is 19.4. The summed E-state index contributed by atoms with van der Waals surface area (Å²) in [4.78, 5) is 15.5. The Morgan fingerprint density at radius 3 is 2.33 bits per heavy atom. The van der Waals surface area contributed by atoms with E-state index < -0.39 is 29.9 Å². The summed E-state index contributed by atoms with van der Waals surface area (Å²) in [7, 11) is 0. The Morgan fingerprint density at radius 2 is 1.62 bits per heavy atom. The first kappa shape index (κ1) is 31.2. The Morgan fingerprint density at radius 1 is 0.950 bits per heavy atom. The number of para-hydroxylation sites is 1. The lowest BCUT2D eigenvalue weighted by atomic mass is 10.0. The Kier molecular flexibility index (Phi) is 12.1. The molecule has 0 saturated carbocycles. The lowest BCUT2D eigenvalue weighted by Gasteiger charge is -2.31. The summed E-state index contributed by atoms with van der Waals surface area (Å²) < 4.78 is 31.7. The lowest BCUT2D eigenvalue weighted by molar-refractivity contribution is -0.279. The highest BCUT2D eigenvalue weighted by atomic mass is 16.9. The molecule has 0 unspecified atom stereocenters. The van der Waals surface area contributed by atoms with Crippen LogP contribution < -0.4 is 5.32 Å². The molecule has 1 amide bonds. The van der Waals surface area contributed by atoms with E-state index in [1.165, 1.54) is 64.2 Å². The van der Waals surface area contributed by atoms with E-state index in [9.17, 15) is 4.79 Å². The predicted molar refractivity (Wildman–Crippen MR) is 156 cm³/mol. The van der Waals surface area contributed by atoms with Gasteiger partial charge in [-0.2, -0.15) is 0 Å². The van der Waals surface area contributed by atoms with Gasteiger partial charge in [-0.1, -0.05) is 82.9 Å². The topological polar surface area (TPSA) is 78.5 Å². The van der Waals surface area contributed by atoms with Crippen molar-refractivity contribution in [3.05, 3.63) is 30.3 Å². The Hall–Kier alpha value is -1.71. The number of hydrogen-bond acceptors (Lipinski definition) is 7. The molecule has 1 aromatic carbocycles. The SMILES string of the molecule is CCCCCCCCCCOC[C@@]12O[C@@H](CN3CCCCCC3)[C@@H](OC(=O)Nc3ccccc3)[C@@H]1OC(C)(C)O2. The summed E-state index contributed by atoms with van der Waals surface area (Å²) >= 11 is 0. The Bertz CT molecular complexity index is 875. The number of anilines is 1. The van der Waals surface area contributed by atoms with Crippen LogP contribution in [0.5, 0.6) is 0 Å². The van der Waals surface area contributed by atoms with Gasteiger partial charge in [-0.15, -0.1) is 0 Å². The van der Waals surface area contributed by atoms with Crippen molar-refractivity contribution in [2.24, 2.45) is 0 Å². The van der Waals surface area contributed by atoms with Crippen molar-refractivity contribution in [3.63, 3.8) is 0 Å². The van der Waals surface area contributed by atoms with Gasteiger partial charge in [-0.3, -0.25) is 5.32 Å². The van der Waals surface area contributed by atoms with Crippen molar-refractivity contribution in [2.45, 2.75) is 128 Å². The van der Waals surface area contributed by atoms with Crippen molar-refractivity contribution in [3.8, 4) is 0 Å². The fraction of sp³-hybridized carbons (Fsp3) is 0.781. The zero-order valence-electron chi connectivity index (χ0n) is 25.0. The molecule has 3 fully saturated rings. The number of carbonyl (C=O) groups is 1. The van der Waals surface area contributed by atoms with E-state index >= 15 is 0 Å². The largest absolute Gasteiger partial charge is 0.440 e. The average Bonchev–Trinajstić information content (AvgIpc) is 3.17. The smallest absolute Gasteiger partial charge is 0.412 e. The number of benzene rings is 1. The van der Waals surface area contributed by atoms with E-state index in [1.54, 1.807) is 0 Å². The number of ether oxygens (including phenoxy) is 5. The van der Waals surface area contributed by atoms with Crippen molar-refractivity contribution in [2.75, 3.05) is 38.2 Å². The van der Waals surface area contributed by atoms with Gasteiger partial charge in [0.1, 0.15) is 12.7 Å². The third-order valence-corrected chi connectivity index (χ3v) is 8.12. The molecule has 1 N–H and O–H groups in total. The van der Waals surface area contributed by atoms with Gasteiger partial charge in [0.05, 0.1) is 0 Å². The van der Waals surface area contributed by atoms with E-state index in [-0.39, 0.29) is 12.7 Å². The highest BCUT2D eigenvalue weighted by Crippen LogP contribution is 2.47. The first-order valence-electron chi connectivity index (χ1n) is 15.8. The van der Waals surface area contributed by atoms with Crippen molar-refractivity contribution >= 4 is 11.8 Å². The Balaban J connectivity index is 1.38. The molecule has 3 aliphatic rings. The molecule has 0 bridgehead atoms. The average molecular weight is 561 g/mol. The van der Waals surface area contributed by atoms with Gasteiger partial charge < -0.3 is 28.6 Å². The molecule has 226 valence electrons. The van der Waals surface area contributed by atoms with Crippen LogP contribution in [0, 0.1) is 0 Å². The molecular weight excluding hydrogens is 508 g/mol. The molecule has 8 nitrogen and oxygen atoms in total. The van der Waals surface area contributed by atoms with Crippen LogP contribution in [0.15, 0.2) is 30.3 Å². The third kappa shape index (κ3) is 9.15. The summed E-state index contributed by atoms with van der Waals surface area (Å²) in [5, 5.41) is 2.85. The van der Waals surface area contributed by atoms with Crippen molar-refractivity contribution in [1.82, 2.24) is 4.90 Å². The van der Waals surface area contributed by atoms with Gasteiger partial charge >= 0.3 is 6.09 Å². The second-order valence-corrected chi connectivity index (χ2v) is 12.1. The maximum absolute atomic E-state index is 13.0. The Labute approximate surface area is 241 Å². The number of likely N-dealkylation sites (tertiary alicyclic amines) is 1. The highest BCUT2D eigenvalue weighted by Gasteiger charge is 2.66. The molecule has 0 spiro atoms. The number of amides is 1. The molecule has 4 rings (SSSR count). The number of unbranched alkanes of at least 4 members (excludes halogenated alkanes) is 7. The number of carbonyl (C=O) groups excluding carboxylic acids is 1. The van der Waals surface area contributed by atoms with Crippen LogP contribution in [0.2, 0.25) is 0 Å². The molecule has 3 saturated heterocycles. The number of nitrogens with one attached hydrogen (secondary N) is 1. The lowest BCUT2D eigenvalue weighted by Crippen LogP contribution is -2.46. The molecule has 8 heteroatoms. The number of fused-ring (bicyclic) bond motifs is 1. The first-order valence-corrected chi connectivity index (χ1v) is 15.8. The minimum absolute atomic E-state index is 0.244. The van der Waals surface area contributed by atoms with Gasteiger partial charge in [-0.25, -0.2) is 4.79 Å². The summed E-state index contributed by atoms with van der Waals surface area (Å²) in [5.41, 5.74) is 0.680. The summed E-state index contributed by atoms with van der Waals surface area (Å²) in [6, 6.07) is 9.33. The maximum Gasteiger partial charge on any atom is 0.412 e. The van der Waals surface area contributed by atoms with Crippen LogP contribution in [0.1, 0.15) is 97.8 Å². The van der Waals surface area contributed by atoms with Crippen LogP contribution in [0.4, 0.5) is 10.5 Å². The molecule has 4 atom stereocenters. The quantitative estimate of drug-likeness (QED) is 0.234. The van der Waals surface area contributed by atoms with E-state index in [0.29, 0.717) is 18.8 Å². The van der Waals surface area contributed by atoms with E-state index in [4.69, 9.17) is 23.7 Å². The second-order valence-electron chi connectivity index (χ2n) is 12.1. The molecule has 0 radical (unpaired) electrons. The number of rotatable bonds is 15. The molecule has 0 aliphatic carbocycles. The van der Waals surface area contributed by atoms with Crippen LogP contribution in [0.3, 0.4) is 0 Å². The standard InChI is InChI=1S/C32H52N2O6/c1-4-5-6-7-8-9-12-18-23-36-25-32-29(39-31(2,3)40-32)28(37-30(35)33-26-19-14-13-15-20-26)27(38-32)24-34-21-16-10-11-17-22-34/h13-15,19-20,27-29H,4-12,16-18,21-25H2,1-3H3,(H,33,35)/t27-,28+,29-,32-/m0/s1. The molecule has 0 aromatic heterocycles. The van der Waals surface area contributed by atoms with Gasteiger partial charge in [-0.05, 0) is 58.3 Å². The fourth-order valence-corrected chi connectivity index (χ4v) is 6.16.